The number of aliphatic hydroxyl groups is 1. The van der Waals surface area contributed by atoms with Gasteiger partial charge in [0.15, 0.2) is 0 Å². The van der Waals surface area contributed by atoms with Gasteiger partial charge in [-0.1, -0.05) is 42.3 Å². The first kappa shape index (κ1) is 26.3. The molecule has 0 aliphatic rings. The van der Waals surface area contributed by atoms with Crippen LogP contribution in [0, 0.1) is 12.3 Å². The lowest BCUT2D eigenvalue weighted by Crippen LogP contribution is -2.36. The maximum absolute atomic E-state index is 10.5. The van der Waals surface area contributed by atoms with Crippen molar-refractivity contribution in [1.29, 1.82) is 0 Å². The molecule has 1 aromatic heterocycles. The molecule has 0 saturated carbocycles. The molecule has 0 bridgehead atoms. The molecule has 1 N–H and O–H groups in total. The number of ether oxygens (including phenoxy) is 4. The fourth-order valence-electron chi connectivity index (χ4n) is 3.71. The minimum atomic E-state index is -0.709. The average Bonchev–Trinajstić information content (AvgIpc) is 3.18. The van der Waals surface area contributed by atoms with Gasteiger partial charge in [0, 0.05) is 45.4 Å². The third-order valence-electron chi connectivity index (χ3n) is 5.35. The third kappa shape index (κ3) is 7.57. The maximum Gasteiger partial charge on any atom is 0.222 e. The van der Waals surface area contributed by atoms with Gasteiger partial charge in [-0.2, -0.15) is 5.10 Å². The molecular formula is C27H33N3O5. The molecule has 0 radical (unpaired) electrons. The van der Waals surface area contributed by atoms with Crippen LogP contribution in [0.25, 0.3) is 11.3 Å². The molecular weight excluding hydrogens is 446 g/mol. The summed E-state index contributed by atoms with van der Waals surface area (Å²) in [6, 6.07) is 17.4. The predicted molar refractivity (Wildman–Crippen MR) is 135 cm³/mol. The number of aryl methyl sites for hydroxylation is 1. The van der Waals surface area contributed by atoms with Crippen LogP contribution < -0.4 is 9.47 Å². The SMILES string of the molecule is C#CCOCC(O)CN(CCOC)Cc1c(-c2ccccc2)nn(C)c1Oc1cccc(OC)c1. The number of benzene rings is 2. The Hall–Kier alpha value is -3.35. The standard InChI is InChI=1S/C27H33N3O5/c1-5-15-34-20-22(31)18-30(14-16-32-3)19-25-26(21-10-7-6-8-11-21)28-29(2)27(25)35-24-13-9-12-23(17-24)33-4/h1,6-13,17,22,31H,14-16,18-20H2,2-4H3. The van der Waals surface area contributed by atoms with Crippen LogP contribution in [-0.2, 0) is 23.1 Å². The first-order valence-electron chi connectivity index (χ1n) is 11.4. The van der Waals surface area contributed by atoms with Gasteiger partial charge in [-0.3, -0.25) is 4.90 Å². The summed E-state index contributed by atoms with van der Waals surface area (Å²) in [6.07, 6.45) is 4.53. The van der Waals surface area contributed by atoms with Crippen LogP contribution in [0.2, 0.25) is 0 Å². The van der Waals surface area contributed by atoms with Crippen molar-refractivity contribution in [1.82, 2.24) is 14.7 Å². The van der Waals surface area contributed by atoms with E-state index in [9.17, 15) is 5.11 Å². The highest BCUT2D eigenvalue weighted by Gasteiger charge is 2.23. The molecule has 2 aromatic carbocycles. The van der Waals surface area contributed by atoms with Crippen LogP contribution in [0.1, 0.15) is 5.56 Å². The summed E-state index contributed by atoms with van der Waals surface area (Å²) in [5, 5.41) is 15.3. The minimum absolute atomic E-state index is 0.152. The van der Waals surface area contributed by atoms with E-state index < -0.39 is 6.10 Å². The highest BCUT2D eigenvalue weighted by molar-refractivity contribution is 5.65. The molecule has 0 spiro atoms. The van der Waals surface area contributed by atoms with Crippen LogP contribution in [0.5, 0.6) is 17.4 Å². The predicted octanol–water partition coefficient (Wildman–Crippen LogP) is 3.35. The molecule has 1 heterocycles. The van der Waals surface area contributed by atoms with E-state index in [4.69, 9.17) is 30.5 Å². The minimum Gasteiger partial charge on any atom is -0.497 e. The number of hydrogen-bond donors (Lipinski definition) is 1. The van der Waals surface area contributed by atoms with E-state index in [2.05, 4.69) is 10.8 Å². The Balaban J connectivity index is 1.94. The lowest BCUT2D eigenvalue weighted by molar-refractivity contribution is 0.0206. The molecule has 8 heteroatoms. The Morgan fingerprint density at radius 1 is 1.11 bits per heavy atom. The van der Waals surface area contributed by atoms with Gasteiger partial charge < -0.3 is 24.1 Å². The smallest absolute Gasteiger partial charge is 0.222 e. The van der Waals surface area contributed by atoms with Crippen LogP contribution in [-0.4, -0.2) is 73.0 Å². The van der Waals surface area contributed by atoms with Crippen molar-refractivity contribution in [2.45, 2.75) is 12.6 Å². The number of rotatable bonds is 14. The summed E-state index contributed by atoms with van der Waals surface area (Å²) in [5.74, 6) is 4.36. The van der Waals surface area contributed by atoms with E-state index >= 15 is 0 Å². The number of hydrogen-bond acceptors (Lipinski definition) is 7. The van der Waals surface area contributed by atoms with Crippen molar-refractivity contribution in [3.8, 4) is 41.0 Å². The van der Waals surface area contributed by atoms with Gasteiger partial charge >= 0.3 is 0 Å². The number of terminal acetylenes is 1. The molecule has 3 rings (SSSR count). The Morgan fingerprint density at radius 3 is 2.60 bits per heavy atom. The Morgan fingerprint density at radius 2 is 1.89 bits per heavy atom. The molecule has 8 nitrogen and oxygen atoms in total. The summed E-state index contributed by atoms with van der Waals surface area (Å²) in [5.41, 5.74) is 2.68. The highest BCUT2D eigenvalue weighted by Crippen LogP contribution is 2.35. The second-order valence-corrected chi connectivity index (χ2v) is 8.00. The molecule has 3 aromatic rings. The molecule has 1 atom stereocenters. The van der Waals surface area contributed by atoms with Gasteiger partial charge in [-0.25, -0.2) is 4.68 Å². The molecule has 0 fully saturated rings. The van der Waals surface area contributed by atoms with E-state index in [1.54, 1.807) is 18.9 Å². The second-order valence-electron chi connectivity index (χ2n) is 8.00. The van der Waals surface area contributed by atoms with Crippen molar-refractivity contribution < 1.29 is 24.1 Å². The van der Waals surface area contributed by atoms with Gasteiger partial charge in [0.25, 0.3) is 0 Å². The average molecular weight is 480 g/mol. The fourth-order valence-corrected chi connectivity index (χ4v) is 3.71. The Kier molecular flexibility index (Phi) is 10.1. The first-order chi connectivity index (χ1) is 17.0. The largest absolute Gasteiger partial charge is 0.497 e. The summed E-state index contributed by atoms with van der Waals surface area (Å²) in [4.78, 5) is 2.09. The number of nitrogens with zero attached hydrogens (tertiary/aromatic N) is 3. The zero-order valence-corrected chi connectivity index (χ0v) is 20.5. The molecule has 186 valence electrons. The molecule has 1 unspecified atom stereocenters. The molecule has 0 amide bonds. The van der Waals surface area contributed by atoms with E-state index in [1.807, 2.05) is 61.6 Å². The van der Waals surface area contributed by atoms with E-state index in [0.717, 1.165) is 16.8 Å². The zero-order valence-electron chi connectivity index (χ0n) is 20.5. The van der Waals surface area contributed by atoms with E-state index in [0.29, 0.717) is 43.6 Å². The molecule has 0 aliphatic carbocycles. The van der Waals surface area contributed by atoms with Crippen molar-refractivity contribution in [2.24, 2.45) is 7.05 Å². The quantitative estimate of drug-likeness (QED) is 0.281. The fraction of sp³-hybridized carbons (Fsp3) is 0.370. The monoisotopic (exact) mass is 479 g/mol. The zero-order chi connectivity index (χ0) is 25.0. The van der Waals surface area contributed by atoms with Crippen LogP contribution in [0.15, 0.2) is 54.6 Å². The highest BCUT2D eigenvalue weighted by atomic mass is 16.5. The van der Waals surface area contributed by atoms with Crippen LogP contribution >= 0.6 is 0 Å². The van der Waals surface area contributed by atoms with Gasteiger partial charge in [-0.05, 0) is 12.1 Å². The number of methoxy groups -OCH3 is 2. The van der Waals surface area contributed by atoms with Gasteiger partial charge in [0.1, 0.15) is 23.8 Å². The van der Waals surface area contributed by atoms with Crippen LogP contribution in [0.3, 0.4) is 0 Å². The van der Waals surface area contributed by atoms with Crippen molar-refractivity contribution >= 4 is 0 Å². The normalized spacial score (nSPS) is 11.9. The van der Waals surface area contributed by atoms with Gasteiger partial charge in [0.05, 0.1) is 32.0 Å². The molecule has 35 heavy (non-hydrogen) atoms. The maximum atomic E-state index is 10.5. The summed E-state index contributed by atoms with van der Waals surface area (Å²) < 4.78 is 24.0. The van der Waals surface area contributed by atoms with Crippen molar-refractivity contribution in [3.05, 3.63) is 60.2 Å². The molecule has 0 aliphatic heterocycles. The second kappa shape index (κ2) is 13.5. The molecule has 0 saturated heterocycles. The Labute approximate surface area is 207 Å². The van der Waals surface area contributed by atoms with Crippen molar-refractivity contribution in [2.75, 3.05) is 47.1 Å². The summed E-state index contributed by atoms with van der Waals surface area (Å²) >= 11 is 0. The first-order valence-corrected chi connectivity index (χ1v) is 11.4. The number of aliphatic hydroxyl groups excluding tert-OH is 1. The van der Waals surface area contributed by atoms with E-state index in [-0.39, 0.29) is 13.2 Å². The number of aromatic nitrogens is 2. The van der Waals surface area contributed by atoms with E-state index in [1.165, 1.54) is 0 Å². The summed E-state index contributed by atoms with van der Waals surface area (Å²) in [7, 11) is 5.13. The summed E-state index contributed by atoms with van der Waals surface area (Å²) in [6.45, 7) is 2.27. The van der Waals surface area contributed by atoms with Gasteiger partial charge in [-0.15, -0.1) is 6.42 Å². The van der Waals surface area contributed by atoms with Gasteiger partial charge in [0.2, 0.25) is 5.88 Å². The third-order valence-corrected chi connectivity index (χ3v) is 5.35. The lowest BCUT2D eigenvalue weighted by Gasteiger charge is -2.25. The van der Waals surface area contributed by atoms with Crippen molar-refractivity contribution in [3.63, 3.8) is 0 Å². The van der Waals surface area contributed by atoms with Crippen LogP contribution in [0.4, 0.5) is 0 Å². The Bertz CT molecular complexity index is 1090. The topological polar surface area (TPSA) is 78.2 Å². The lowest BCUT2D eigenvalue weighted by atomic mass is 10.1.